The van der Waals surface area contributed by atoms with E-state index in [2.05, 4.69) is 0 Å². The van der Waals surface area contributed by atoms with Crippen molar-refractivity contribution in [3.05, 3.63) is 64.7 Å². The van der Waals surface area contributed by atoms with E-state index in [4.69, 9.17) is 4.74 Å². The molecule has 0 aliphatic rings. The highest BCUT2D eigenvalue weighted by molar-refractivity contribution is 6.10. The second-order valence-electron chi connectivity index (χ2n) is 4.19. The third kappa shape index (κ3) is 2.78. The highest BCUT2D eigenvalue weighted by Crippen LogP contribution is 2.23. The van der Waals surface area contributed by atoms with Gasteiger partial charge in [-0.25, -0.2) is 8.78 Å². The van der Waals surface area contributed by atoms with Gasteiger partial charge in [0, 0.05) is 11.6 Å². The summed E-state index contributed by atoms with van der Waals surface area (Å²) in [5, 5.41) is 0. The molecule has 19 heavy (non-hydrogen) atoms. The SMILES string of the molecule is COc1cc(C)ccc1C(=O)c1cc(F)cc(F)c1. The molecule has 0 amide bonds. The predicted molar refractivity (Wildman–Crippen MR) is 67.5 cm³/mol. The maximum atomic E-state index is 13.1. The number of rotatable bonds is 3. The number of carbonyl (C=O) groups is 1. The molecule has 0 radical (unpaired) electrons. The summed E-state index contributed by atoms with van der Waals surface area (Å²) in [6.07, 6.45) is 0. The van der Waals surface area contributed by atoms with Crippen molar-refractivity contribution in [2.75, 3.05) is 7.11 Å². The summed E-state index contributed by atoms with van der Waals surface area (Å²) in [6, 6.07) is 7.76. The molecule has 0 saturated heterocycles. The summed E-state index contributed by atoms with van der Waals surface area (Å²) in [6.45, 7) is 1.86. The first-order valence-electron chi connectivity index (χ1n) is 5.66. The molecule has 0 N–H and O–H groups in total. The second-order valence-corrected chi connectivity index (χ2v) is 4.19. The number of ketones is 1. The van der Waals surface area contributed by atoms with Gasteiger partial charge in [0.1, 0.15) is 17.4 Å². The van der Waals surface area contributed by atoms with Crippen LogP contribution in [0.1, 0.15) is 21.5 Å². The molecule has 0 aliphatic heterocycles. The fourth-order valence-corrected chi connectivity index (χ4v) is 1.83. The summed E-state index contributed by atoms with van der Waals surface area (Å²) in [7, 11) is 1.44. The maximum absolute atomic E-state index is 13.1. The van der Waals surface area contributed by atoms with Gasteiger partial charge in [0.2, 0.25) is 0 Å². The molecular formula is C15H12F2O2. The van der Waals surface area contributed by atoms with E-state index in [1.807, 2.05) is 6.92 Å². The minimum atomic E-state index is -0.783. The summed E-state index contributed by atoms with van der Waals surface area (Å²) in [4.78, 5) is 12.2. The zero-order valence-electron chi connectivity index (χ0n) is 10.5. The van der Waals surface area contributed by atoms with Crippen LogP contribution in [0.15, 0.2) is 36.4 Å². The van der Waals surface area contributed by atoms with Crippen molar-refractivity contribution in [3.63, 3.8) is 0 Å². The van der Waals surface area contributed by atoms with E-state index in [1.165, 1.54) is 7.11 Å². The Balaban J connectivity index is 2.49. The molecule has 4 heteroatoms. The standard InChI is InChI=1S/C15H12F2O2/c1-9-3-4-13(14(5-9)19-2)15(18)10-6-11(16)8-12(17)7-10/h3-8H,1-2H3. The number of hydrogen-bond acceptors (Lipinski definition) is 2. The monoisotopic (exact) mass is 262 g/mol. The lowest BCUT2D eigenvalue weighted by atomic mass is 10.0. The molecule has 2 aromatic rings. The molecule has 0 unspecified atom stereocenters. The Morgan fingerprint density at radius 2 is 1.68 bits per heavy atom. The van der Waals surface area contributed by atoms with Crippen LogP contribution in [0.3, 0.4) is 0 Å². The number of carbonyl (C=O) groups excluding carboxylic acids is 1. The average molecular weight is 262 g/mol. The molecule has 98 valence electrons. The quantitative estimate of drug-likeness (QED) is 0.791. The van der Waals surface area contributed by atoms with E-state index < -0.39 is 17.4 Å². The van der Waals surface area contributed by atoms with Gasteiger partial charge in [-0.15, -0.1) is 0 Å². The van der Waals surface area contributed by atoms with Crippen molar-refractivity contribution in [1.29, 1.82) is 0 Å². The largest absolute Gasteiger partial charge is 0.496 e. The normalized spacial score (nSPS) is 10.3. The van der Waals surface area contributed by atoms with Crippen molar-refractivity contribution in [3.8, 4) is 5.75 Å². The summed E-state index contributed by atoms with van der Waals surface area (Å²) >= 11 is 0. The minimum Gasteiger partial charge on any atom is -0.496 e. The number of aryl methyl sites for hydroxylation is 1. The Labute approximate surface area is 109 Å². The molecule has 2 rings (SSSR count). The number of halogens is 2. The van der Waals surface area contributed by atoms with Crippen LogP contribution in [-0.4, -0.2) is 12.9 Å². The third-order valence-corrected chi connectivity index (χ3v) is 2.73. The summed E-state index contributed by atoms with van der Waals surface area (Å²) in [5.41, 5.74) is 1.16. The van der Waals surface area contributed by atoms with Gasteiger partial charge in [-0.3, -0.25) is 4.79 Å². The average Bonchev–Trinajstić information content (AvgIpc) is 2.36. The third-order valence-electron chi connectivity index (χ3n) is 2.73. The van der Waals surface area contributed by atoms with Gasteiger partial charge in [0.05, 0.1) is 12.7 Å². The van der Waals surface area contributed by atoms with Crippen LogP contribution in [0.25, 0.3) is 0 Å². The lowest BCUT2D eigenvalue weighted by Crippen LogP contribution is -2.05. The van der Waals surface area contributed by atoms with Crippen molar-refractivity contribution >= 4 is 5.78 Å². The minimum absolute atomic E-state index is 0.0420. The molecule has 0 bridgehead atoms. The van der Waals surface area contributed by atoms with Crippen LogP contribution in [0, 0.1) is 18.6 Å². The van der Waals surface area contributed by atoms with Crippen molar-refractivity contribution in [2.45, 2.75) is 6.92 Å². The molecule has 0 heterocycles. The molecule has 0 fully saturated rings. The van der Waals surface area contributed by atoms with E-state index in [9.17, 15) is 13.6 Å². The van der Waals surface area contributed by atoms with Crippen LogP contribution >= 0.6 is 0 Å². The smallest absolute Gasteiger partial charge is 0.196 e. The van der Waals surface area contributed by atoms with Gasteiger partial charge in [-0.1, -0.05) is 6.07 Å². The van der Waals surface area contributed by atoms with Crippen molar-refractivity contribution < 1.29 is 18.3 Å². The summed E-state index contributed by atoms with van der Waals surface area (Å²) < 4.78 is 31.4. The van der Waals surface area contributed by atoms with Gasteiger partial charge >= 0.3 is 0 Å². The fraction of sp³-hybridized carbons (Fsp3) is 0.133. The number of hydrogen-bond donors (Lipinski definition) is 0. The number of benzene rings is 2. The first-order chi connectivity index (χ1) is 9.01. The van der Waals surface area contributed by atoms with Gasteiger partial charge < -0.3 is 4.74 Å². The number of methoxy groups -OCH3 is 1. The van der Waals surface area contributed by atoms with Crippen molar-refractivity contribution in [2.24, 2.45) is 0 Å². The van der Waals surface area contributed by atoms with E-state index >= 15 is 0 Å². The highest BCUT2D eigenvalue weighted by atomic mass is 19.1. The van der Waals surface area contributed by atoms with Crippen LogP contribution in [0.4, 0.5) is 8.78 Å². The Hall–Kier alpha value is -2.23. The van der Waals surface area contributed by atoms with E-state index in [0.717, 1.165) is 23.8 Å². The van der Waals surface area contributed by atoms with Gasteiger partial charge in [0.15, 0.2) is 5.78 Å². The van der Waals surface area contributed by atoms with Gasteiger partial charge in [-0.2, -0.15) is 0 Å². The molecule has 0 spiro atoms. The fourth-order valence-electron chi connectivity index (χ4n) is 1.83. The Kier molecular flexibility index (Phi) is 3.60. The zero-order valence-corrected chi connectivity index (χ0v) is 10.5. The first kappa shape index (κ1) is 13.2. The van der Waals surface area contributed by atoms with Crippen molar-refractivity contribution in [1.82, 2.24) is 0 Å². The summed E-state index contributed by atoms with van der Waals surface area (Å²) in [5.74, 6) is -1.66. The van der Waals surface area contributed by atoms with E-state index in [-0.39, 0.29) is 11.1 Å². The Morgan fingerprint density at radius 3 is 2.26 bits per heavy atom. The lowest BCUT2D eigenvalue weighted by molar-refractivity contribution is 0.103. The highest BCUT2D eigenvalue weighted by Gasteiger charge is 2.16. The van der Waals surface area contributed by atoms with Crippen LogP contribution < -0.4 is 4.74 Å². The topological polar surface area (TPSA) is 26.3 Å². The van der Waals surface area contributed by atoms with E-state index in [0.29, 0.717) is 5.75 Å². The molecule has 2 nitrogen and oxygen atoms in total. The van der Waals surface area contributed by atoms with Crippen LogP contribution in [0.5, 0.6) is 5.75 Å². The van der Waals surface area contributed by atoms with Gasteiger partial charge in [-0.05, 0) is 36.8 Å². The molecular weight excluding hydrogens is 250 g/mol. The van der Waals surface area contributed by atoms with E-state index in [1.54, 1.807) is 18.2 Å². The zero-order chi connectivity index (χ0) is 14.0. The predicted octanol–water partition coefficient (Wildman–Crippen LogP) is 3.51. The molecule has 2 aromatic carbocycles. The molecule has 0 aliphatic carbocycles. The first-order valence-corrected chi connectivity index (χ1v) is 5.66. The van der Waals surface area contributed by atoms with Crippen LogP contribution in [0.2, 0.25) is 0 Å². The Morgan fingerprint density at radius 1 is 1.05 bits per heavy atom. The molecule has 0 aromatic heterocycles. The second kappa shape index (κ2) is 5.18. The number of ether oxygens (including phenoxy) is 1. The Bertz CT molecular complexity index is 616. The lowest BCUT2D eigenvalue weighted by Gasteiger charge is -2.09. The van der Waals surface area contributed by atoms with Gasteiger partial charge in [0.25, 0.3) is 0 Å². The van der Waals surface area contributed by atoms with Crippen LogP contribution in [-0.2, 0) is 0 Å². The molecule has 0 saturated carbocycles. The maximum Gasteiger partial charge on any atom is 0.196 e. The molecule has 0 atom stereocenters.